The van der Waals surface area contributed by atoms with Crippen molar-refractivity contribution in [3.63, 3.8) is 0 Å². The molecule has 0 aromatic heterocycles. The Morgan fingerprint density at radius 3 is 3.04 bits per heavy atom. The molecule has 1 aliphatic heterocycles. The van der Waals surface area contributed by atoms with Crippen LogP contribution >= 0.6 is 0 Å². The Hall–Kier alpha value is -1.66. The van der Waals surface area contributed by atoms with Crippen LogP contribution in [-0.2, 0) is 15.9 Å². The number of nitrogens with zero attached hydrogens (tertiary/aromatic N) is 2. The summed E-state index contributed by atoms with van der Waals surface area (Å²) in [6.45, 7) is 4.87. The van der Waals surface area contributed by atoms with Crippen molar-refractivity contribution in [1.29, 1.82) is 0 Å². The van der Waals surface area contributed by atoms with Gasteiger partial charge in [0.15, 0.2) is 5.96 Å². The number of nitrogens with one attached hydrogen (secondary N) is 1. The summed E-state index contributed by atoms with van der Waals surface area (Å²) < 4.78 is 23.8. The zero-order valence-electron chi connectivity index (χ0n) is 15.3. The number of likely N-dealkylation sites (tertiary alicyclic amines) is 1. The van der Waals surface area contributed by atoms with Gasteiger partial charge in [0.25, 0.3) is 0 Å². The summed E-state index contributed by atoms with van der Waals surface area (Å²) in [5.74, 6) is 1.32. The molecule has 140 valence electrons. The van der Waals surface area contributed by atoms with Gasteiger partial charge < -0.3 is 19.7 Å². The van der Waals surface area contributed by atoms with Crippen molar-refractivity contribution in [3.8, 4) is 0 Å². The first-order valence-electron chi connectivity index (χ1n) is 8.99. The molecule has 0 saturated carbocycles. The fourth-order valence-electron chi connectivity index (χ4n) is 3.07. The van der Waals surface area contributed by atoms with Gasteiger partial charge in [0, 0.05) is 39.7 Å². The number of ether oxygens (including phenoxy) is 2. The maximum Gasteiger partial charge on any atom is 0.193 e. The van der Waals surface area contributed by atoms with Gasteiger partial charge in [-0.15, -0.1) is 0 Å². The van der Waals surface area contributed by atoms with E-state index in [1.54, 1.807) is 19.2 Å². The van der Waals surface area contributed by atoms with Gasteiger partial charge in [-0.2, -0.15) is 0 Å². The smallest absolute Gasteiger partial charge is 0.193 e. The number of halogens is 1. The summed E-state index contributed by atoms with van der Waals surface area (Å²) >= 11 is 0. The van der Waals surface area contributed by atoms with E-state index in [0.29, 0.717) is 19.1 Å². The zero-order valence-corrected chi connectivity index (χ0v) is 15.3. The molecule has 1 aliphatic rings. The molecule has 1 N–H and O–H groups in total. The Bertz CT molecular complexity index is 539. The molecule has 1 atom stereocenters. The second-order valence-electron chi connectivity index (χ2n) is 6.38. The van der Waals surface area contributed by atoms with Crippen molar-refractivity contribution in [1.82, 2.24) is 10.2 Å². The van der Waals surface area contributed by atoms with Crippen molar-refractivity contribution in [2.45, 2.75) is 19.3 Å². The van der Waals surface area contributed by atoms with E-state index in [9.17, 15) is 4.39 Å². The minimum absolute atomic E-state index is 0.169. The van der Waals surface area contributed by atoms with Crippen LogP contribution in [0.3, 0.4) is 0 Å². The van der Waals surface area contributed by atoms with E-state index in [-0.39, 0.29) is 5.82 Å². The lowest BCUT2D eigenvalue weighted by Crippen LogP contribution is -2.40. The van der Waals surface area contributed by atoms with Gasteiger partial charge in [-0.25, -0.2) is 4.39 Å². The van der Waals surface area contributed by atoms with Crippen molar-refractivity contribution < 1.29 is 13.9 Å². The molecule has 1 unspecified atom stereocenters. The number of aliphatic imine (C=N–C) groups is 1. The van der Waals surface area contributed by atoms with Crippen LogP contribution in [0.25, 0.3) is 0 Å². The molecular weight excluding hydrogens is 321 g/mol. The van der Waals surface area contributed by atoms with Crippen LogP contribution in [0.4, 0.5) is 4.39 Å². The highest BCUT2D eigenvalue weighted by molar-refractivity contribution is 5.80. The van der Waals surface area contributed by atoms with Gasteiger partial charge in [0.05, 0.1) is 19.8 Å². The summed E-state index contributed by atoms with van der Waals surface area (Å²) in [5.41, 5.74) is 1.03. The SMILES string of the molecule is CN=C(NCCCc1cccc(F)c1)N1CCC(COCCOC)C1. The van der Waals surface area contributed by atoms with Gasteiger partial charge in [0.1, 0.15) is 5.82 Å². The van der Waals surface area contributed by atoms with Crippen LogP contribution in [0.5, 0.6) is 0 Å². The Morgan fingerprint density at radius 2 is 2.28 bits per heavy atom. The lowest BCUT2D eigenvalue weighted by molar-refractivity contribution is 0.0536. The van der Waals surface area contributed by atoms with Gasteiger partial charge >= 0.3 is 0 Å². The predicted molar refractivity (Wildman–Crippen MR) is 98.5 cm³/mol. The van der Waals surface area contributed by atoms with Crippen LogP contribution in [-0.4, -0.2) is 64.5 Å². The molecule has 25 heavy (non-hydrogen) atoms. The third-order valence-electron chi connectivity index (χ3n) is 4.40. The van der Waals surface area contributed by atoms with Crippen LogP contribution in [0, 0.1) is 11.7 Å². The second-order valence-corrected chi connectivity index (χ2v) is 6.38. The molecule has 1 heterocycles. The number of hydrogen-bond acceptors (Lipinski definition) is 3. The number of methoxy groups -OCH3 is 1. The number of rotatable bonds is 9. The molecule has 2 rings (SSSR count). The second kappa shape index (κ2) is 11.1. The minimum Gasteiger partial charge on any atom is -0.382 e. The maximum absolute atomic E-state index is 13.2. The molecule has 1 aromatic carbocycles. The molecule has 0 amide bonds. The molecule has 1 saturated heterocycles. The molecule has 0 bridgehead atoms. The van der Waals surface area contributed by atoms with E-state index in [0.717, 1.165) is 57.0 Å². The van der Waals surface area contributed by atoms with Gasteiger partial charge in [-0.3, -0.25) is 4.99 Å². The number of hydrogen-bond donors (Lipinski definition) is 1. The van der Waals surface area contributed by atoms with E-state index < -0.39 is 0 Å². The van der Waals surface area contributed by atoms with Crippen molar-refractivity contribution >= 4 is 5.96 Å². The number of benzene rings is 1. The van der Waals surface area contributed by atoms with Crippen molar-refractivity contribution in [3.05, 3.63) is 35.6 Å². The maximum atomic E-state index is 13.2. The normalized spacial score (nSPS) is 18.0. The highest BCUT2D eigenvalue weighted by Gasteiger charge is 2.24. The Morgan fingerprint density at radius 1 is 1.40 bits per heavy atom. The lowest BCUT2D eigenvalue weighted by Gasteiger charge is -2.21. The van der Waals surface area contributed by atoms with E-state index in [1.807, 2.05) is 13.1 Å². The van der Waals surface area contributed by atoms with Crippen LogP contribution in [0.2, 0.25) is 0 Å². The number of aryl methyl sites for hydroxylation is 1. The summed E-state index contributed by atoms with van der Waals surface area (Å²) in [5, 5.41) is 3.41. The van der Waals surface area contributed by atoms with Crippen LogP contribution < -0.4 is 5.32 Å². The standard InChI is InChI=1S/C19H30FN3O2/c1-21-19(22-9-4-6-16-5-3-7-18(20)13-16)23-10-8-17(14-23)15-25-12-11-24-2/h3,5,7,13,17H,4,6,8-12,14-15H2,1-2H3,(H,21,22). The highest BCUT2D eigenvalue weighted by Crippen LogP contribution is 2.16. The molecule has 1 aromatic rings. The fraction of sp³-hybridized carbons (Fsp3) is 0.632. The first-order valence-corrected chi connectivity index (χ1v) is 8.99. The zero-order chi connectivity index (χ0) is 17.9. The quantitative estimate of drug-likeness (QED) is 0.421. The van der Waals surface area contributed by atoms with Gasteiger partial charge in [0.2, 0.25) is 0 Å². The Kier molecular flexibility index (Phi) is 8.69. The summed E-state index contributed by atoms with van der Waals surface area (Å²) in [6, 6.07) is 6.80. The Balaban J connectivity index is 1.65. The van der Waals surface area contributed by atoms with Crippen molar-refractivity contribution in [2.24, 2.45) is 10.9 Å². The van der Waals surface area contributed by atoms with E-state index in [2.05, 4.69) is 15.2 Å². The molecule has 6 heteroatoms. The third-order valence-corrected chi connectivity index (χ3v) is 4.40. The lowest BCUT2D eigenvalue weighted by atomic mass is 10.1. The number of guanidine groups is 1. The average Bonchev–Trinajstić information content (AvgIpc) is 3.07. The predicted octanol–water partition coefficient (Wildman–Crippen LogP) is 2.32. The molecular formula is C19H30FN3O2. The summed E-state index contributed by atoms with van der Waals surface area (Å²) in [4.78, 5) is 6.67. The summed E-state index contributed by atoms with van der Waals surface area (Å²) in [6.07, 6.45) is 2.93. The largest absolute Gasteiger partial charge is 0.382 e. The van der Waals surface area contributed by atoms with E-state index in [4.69, 9.17) is 9.47 Å². The van der Waals surface area contributed by atoms with E-state index in [1.165, 1.54) is 6.07 Å². The minimum atomic E-state index is -0.169. The molecule has 1 fully saturated rings. The van der Waals surface area contributed by atoms with Crippen LogP contribution in [0.15, 0.2) is 29.3 Å². The van der Waals surface area contributed by atoms with Gasteiger partial charge in [-0.1, -0.05) is 12.1 Å². The van der Waals surface area contributed by atoms with E-state index >= 15 is 0 Å². The van der Waals surface area contributed by atoms with Crippen molar-refractivity contribution in [2.75, 3.05) is 53.6 Å². The highest BCUT2D eigenvalue weighted by atomic mass is 19.1. The summed E-state index contributed by atoms with van der Waals surface area (Å²) in [7, 11) is 3.50. The first-order chi connectivity index (χ1) is 12.2. The molecule has 0 radical (unpaired) electrons. The molecule has 5 nitrogen and oxygen atoms in total. The Labute approximate surface area is 150 Å². The monoisotopic (exact) mass is 351 g/mol. The van der Waals surface area contributed by atoms with Crippen LogP contribution in [0.1, 0.15) is 18.4 Å². The topological polar surface area (TPSA) is 46.1 Å². The third kappa shape index (κ3) is 7.00. The first kappa shape index (κ1) is 19.7. The molecule has 0 spiro atoms. The average molecular weight is 351 g/mol. The molecule has 0 aliphatic carbocycles. The van der Waals surface area contributed by atoms with Gasteiger partial charge in [-0.05, 0) is 37.0 Å². The fourth-order valence-corrected chi connectivity index (χ4v) is 3.07.